The summed E-state index contributed by atoms with van der Waals surface area (Å²) in [6.45, 7) is 4.97. The van der Waals surface area contributed by atoms with Gasteiger partial charge in [-0.15, -0.1) is 0 Å². The smallest absolute Gasteiger partial charge is 0.255 e. The minimum Gasteiger partial charge on any atom is -0.387 e. The Balaban J connectivity index is 1.76. The van der Waals surface area contributed by atoms with Crippen molar-refractivity contribution in [3.8, 4) is 11.3 Å². The molecule has 1 aliphatic heterocycles. The van der Waals surface area contributed by atoms with Crippen LogP contribution in [0.2, 0.25) is 10.0 Å². The summed E-state index contributed by atoms with van der Waals surface area (Å²) in [7, 11) is 0. The summed E-state index contributed by atoms with van der Waals surface area (Å²) in [5, 5.41) is 11.9. The van der Waals surface area contributed by atoms with Crippen molar-refractivity contribution in [2.24, 2.45) is 0 Å². The second-order valence-electron chi connectivity index (χ2n) is 8.02. The van der Waals surface area contributed by atoms with Gasteiger partial charge < -0.3 is 10.0 Å². The van der Waals surface area contributed by atoms with E-state index in [1.165, 1.54) is 0 Å². The molecule has 156 valence electrons. The standard InChI is InChI=1S/C22H22Cl2N4O2/c1-22(2)7-10-27-20(30)12-18(14-5-8-25-9-6-14)26-21(27)28(22)13-19(29)16-4-3-15(23)11-17(16)24/h3-6,8-9,11-12,19,29H,7,10,13H2,1-2H3/t19-/m1/s1. The Labute approximate surface area is 184 Å². The Morgan fingerprint density at radius 3 is 2.60 bits per heavy atom. The van der Waals surface area contributed by atoms with Crippen molar-refractivity contribution in [1.29, 1.82) is 0 Å². The van der Waals surface area contributed by atoms with Crippen LogP contribution in [0, 0.1) is 0 Å². The second-order valence-corrected chi connectivity index (χ2v) is 8.87. The van der Waals surface area contributed by atoms with E-state index in [1.807, 2.05) is 17.0 Å². The zero-order chi connectivity index (χ0) is 21.5. The molecule has 0 spiro atoms. The SMILES string of the molecule is CC1(C)CCn2c(nc(-c3ccncc3)cc2=O)N1C[C@@H](O)c1ccc(Cl)cc1Cl. The first kappa shape index (κ1) is 20.8. The van der Waals surface area contributed by atoms with Gasteiger partial charge in [0.05, 0.1) is 18.3 Å². The van der Waals surface area contributed by atoms with Gasteiger partial charge in [0.25, 0.3) is 5.56 Å². The molecule has 0 amide bonds. The first-order valence-electron chi connectivity index (χ1n) is 9.69. The van der Waals surface area contributed by atoms with E-state index in [0.29, 0.717) is 33.8 Å². The fourth-order valence-corrected chi connectivity index (χ4v) is 4.28. The summed E-state index contributed by atoms with van der Waals surface area (Å²) >= 11 is 12.3. The lowest BCUT2D eigenvalue weighted by molar-refractivity contribution is 0.169. The van der Waals surface area contributed by atoms with Gasteiger partial charge >= 0.3 is 0 Å². The van der Waals surface area contributed by atoms with Crippen LogP contribution in [0.5, 0.6) is 0 Å². The first-order valence-corrected chi connectivity index (χ1v) is 10.4. The number of rotatable bonds is 4. The molecule has 0 saturated carbocycles. The van der Waals surface area contributed by atoms with Crippen LogP contribution in [-0.2, 0) is 6.54 Å². The number of aliphatic hydroxyl groups is 1. The van der Waals surface area contributed by atoms with E-state index in [9.17, 15) is 9.90 Å². The van der Waals surface area contributed by atoms with Crippen LogP contribution in [0.15, 0.2) is 53.6 Å². The lowest BCUT2D eigenvalue weighted by Crippen LogP contribution is -2.53. The van der Waals surface area contributed by atoms with Crippen molar-refractivity contribution in [3.05, 3.63) is 74.8 Å². The average molecular weight is 445 g/mol. The van der Waals surface area contributed by atoms with E-state index >= 15 is 0 Å². The summed E-state index contributed by atoms with van der Waals surface area (Å²) in [4.78, 5) is 23.7. The maximum absolute atomic E-state index is 12.8. The fourth-order valence-electron chi connectivity index (χ4n) is 3.74. The molecule has 1 aromatic carbocycles. The monoisotopic (exact) mass is 444 g/mol. The number of benzene rings is 1. The molecule has 6 nitrogen and oxygen atoms in total. The molecule has 0 aliphatic carbocycles. The summed E-state index contributed by atoms with van der Waals surface area (Å²) in [5.74, 6) is 0.537. The molecule has 1 N–H and O–H groups in total. The molecule has 1 atom stereocenters. The molecule has 30 heavy (non-hydrogen) atoms. The summed E-state index contributed by atoms with van der Waals surface area (Å²) in [5.41, 5.74) is 1.55. The number of β-amino-alcohol motifs (C(OH)–C–C–N with tert-alkyl or cyclic N) is 1. The van der Waals surface area contributed by atoms with E-state index in [1.54, 1.807) is 41.2 Å². The van der Waals surface area contributed by atoms with Crippen LogP contribution in [0.25, 0.3) is 11.3 Å². The van der Waals surface area contributed by atoms with E-state index in [2.05, 4.69) is 18.8 Å². The first-order chi connectivity index (χ1) is 14.3. The van der Waals surface area contributed by atoms with Gasteiger partial charge in [0.1, 0.15) is 0 Å². The second kappa shape index (κ2) is 8.02. The fraction of sp³-hybridized carbons (Fsp3) is 0.318. The third-order valence-corrected chi connectivity index (χ3v) is 6.12. The maximum atomic E-state index is 12.8. The number of aromatic nitrogens is 3. The zero-order valence-electron chi connectivity index (χ0n) is 16.7. The highest BCUT2D eigenvalue weighted by molar-refractivity contribution is 6.35. The normalized spacial score (nSPS) is 16.2. The van der Waals surface area contributed by atoms with Gasteiger partial charge in [-0.2, -0.15) is 0 Å². The summed E-state index contributed by atoms with van der Waals surface area (Å²) < 4.78 is 1.66. The number of nitrogens with zero attached hydrogens (tertiary/aromatic N) is 4. The number of hydrogen-bond donors (Lipinski definition) is 1. The molecule has 3 aromatic rings. The van der Waals surface area contributed by atoms with Crippen LogP contribution in [0.3, 0.4) is 0 Å². The van der Waals surface area contributed by atoms with Gasteiger partial charge in [0.15, 0.2) is 0 Å². The Bertz CT molecular complexity index is 1130. The van der Waals surface area contributed by atoms with E-state index < -0.39 is 6.10 Å². The third kappa shape index (κ3) is 3.95. The van der Waals surface area contributed by atoms with Crippen molar-refractivity contribution >= 4 is 29.2 Å². The average Bonchev–Trinajstić information content (AvgIpc) is 2.70. The van der Waals surface area contributed by atoms with Gasteiger partial charge in [-0.25, -0.2) is 4.98 Å². The van der Waals surface area contributed by atoms with Crippen molar-refractivity contribution in [1.82, 2.24) is 14.5 Å². The van der Waals surface area contributed by atoms with Crippen LogP contribution in [0.4, 0.5) is 5.95 Å². The van der Waals surface area contributed by atoms with E-state index in [4.69, 9.17) is 28.2 Å². The predicted octanol–water partition coefficient (Wildman–Crippen LogP) is 4.33. The Morgan fingerprint density at radius 1 is 1.17 bits per heavy atom. The van der Waals surface area contributed by atoms with Gasteiger partial charge in [-0.1, -0.05) is 29.3 Å². The van der Waals surface area contributed by atoms with Gasteiger partial charge in [0, 0.05) is 51.7 Å². The van der Waals surface area contributed by atoms with Crippen molar-refractivity contribution in [2.45, 2.75) is 38.5 Å². The highest BCUT2D eigenvalue weighted by Crippen LogP contribution is 2.35. The lowest BCUT2D eigenvalue weighted by Gasteiger charge is -2.45. The third-order valence-electron chi connectivity index (χ3n) is 5.56. The number of pyridine rings is 1. The molecule has 8 heteroatoms. The summed E-state index contributed by atoms with van der Waals surface area (Å²) in [6.07, 6.45) is 3.21. The Morgan fingerprint density at radius 2 is 1.90 bits per heavy atom. The molecule has 1 aliphatic rings. The quantitative estimate of drug-likeness (QED) is 0.647. The minimum atomic E-state index is -0.873. The predicted molar refractivity (Wildman–Crippen MR) is 119 cm³/mol. The summed E-state index contributed by atoms with van der Waals surface area (Å²) in [6, 6.07) is 10.2. The highest BCUT2D eigenvalue weighted by atomic mass is 35.5. The van der Waals surface area contributed by atoms with Gasteiger partial charge in [-0.3, -0.25) is 14.3 Å². The van der Waals surface area contributed by atoms with E-state index in [-0.39, 0.29) is 17.6 Å². The molecule has 4 rings (SSSR count). The minimum absolute atomic E-state index is 0.119. The van der Waals surface area contributed by atoms with Crippen molar-refractivity contribution in [3.63, 3.8) is 0 Å². The molecule has 0 fully saturated rings. The van der Waals surface area contributed by atoms with Crippen LogP contribution >= 0.6 is 23.2 Å². The molecular weight excluding hydrogens is 423 g/mol. The number of anilines is 1. The van der Waals surface area contributed by atoms with Crippen molar-refractivity contribution in [2.75, 3.05) is 11.4 Å². The molecule has 2 aromatic heterocycles. The Hall–Kier alpha value is -2.41. The van der Waals surface area contributed by atoms with Crippen molar-refractivity contribution < 1.29 is 5.11 Å². The highest BCUT2D eigenvalue weighted by Gasteiger charge is 2.36. The molecule has 3 heterocycles. The molecule has 0 bridgehead atoms. The molecular formula is C22H22Cl2N4O2. The van der Waals surface area contributed by atoms with Crippen LogP contribution in [-0.4, -0.2) is 31.7 Å². The lowest BCUT2D eigenvalue weighted by atomic mass is 9.95. The van der Waals surface area contributed by atoms with Gasteiger partial charge in [0.2, 0.25) is 5.95 Å². The Kier molecular flexibility index (Phi) is 5.57. The number of aliphatic hydroxyl groups excluding tert-OH is 1. The number of fused-ring (bicyclic) bond motifs is 1. The van der Waals surface area contributed by atoms with Crippen LogP contribution in [0.1, 0.15) is 31.9 Å². The molecule has 0 saturated heterocycles. The maximum Gasteiger partial charge on any atom is 0.255 e. The topological polar surface area (TPSA) is 71.2 Å². The van der Waals surface area contributed by atoms with Crippen LogP contribution < -0.4 is 10.5 Å². The van der Waals surface area contributed by atoms with Gasteiger partial charge in [-0.05, 0) is 44.5 Å². The van der Waals surface area contributed by atoms with E-state index in [0.717, 1.165) is 12.0 Å². The number of halogens is 2. The number of hydrogen-bond acceptors (Lipinski definition) is 5. The molecule has 0 radical (unpaired) electrons. The largest absolute Gasteiger partial charge is 0.387 e. The zero-order valence-corrected chi connectivity index (χ0v) is 18.2. The molecule has 0 unspecified atom stereocenters.